The number of aliphatic hydroxyl groups excluding tert-OH is 1. The number of hydrogen-bond donors (Lipinski definition) is 1. The summed E-state index contributed by atoms with van der Waals surface area (Å²) in [4.78, 5) is 0. The summed E-state index contributed by atoms with van der Waals surface area (Å²) < 4.78 is 28.6. The minimum Gasteiger partial charge on any atom is -0.390 e. The molecule has 0 fully saturated rings. The highest BCUT2D eigenvalue weighted by Gasteiger charge is 2.17. The van der Waals surface area contributed by atoms with Crippen LogP contribution in [0.2, 0.25) is 0 Å². The minimum absolute atomic E-state index is 0.0000394. The third-order valence-electron chi connectivity index (χ3n) is 2.22. The van der Waals surface area contributed by atoms with Crippen molar-refractivity contribution in [2.45, 2.75) is 11.9 Å². The van der Waals surface area contributed by atoms with Gasteiger partial charge >= 0.3 is 0 Å². The first-order valence-electron chi connectivity index (χ1n) is 5.64. The Kier molecular flexibility index (Phi) is 6.04. The van der Waals surface area contributed by atoms with Gasteiger partial charge in [0.25, 0.3) is 0 Å². The van der Waals surface area contributed by atoms with E-state index in [1.165, 1.54) is 0 Å². The van der Waals surface area contributed by atoms with Gasteiger partial charge in [-0.1, -0.05) is 36.4 Å². The van der Waals surface area contributed by atoms with Crippen LogP contribution < -0.4 is 0 Å². The lowest BCUT2D eigenvalue weighted by Gasteiger charge is -2.11. The molecular weight excluding hydrogens is 252 g/mol. The third kappa shape index (κ3) is 5.95. The monoisotopic (exact) mass is 270 g/mol. The molecule has 0 radical (unpaired) electrons. The first-order valence-corrected chi connectivity index (χ1v) is 7.46. The summed E-state index contributed by atoms with van der Waals surface area (Å²) in [5, 5.41) is 9.55. The van der Waals surface area contributed by atoms with E-state index in [1.54, 1.807) is 30.3 Å². The van der Waals surface area contributed by atoms with Crippen molar-refractivity contribution < 1.29 is 18.3 Å². The third-order valence-corrected chi connectivity index (χ3v) is 3.89. The molecule has 1 N–H and O–H groups in total. The molecule has 0 bridgehead atoms. The minimum atomic E-state index is -3.33. The molecule has 0 aromatic heterocycles. The molecule has 1 aromatic rings. The normalized spacial score (nSPS) is 13.2. The Bertz CT molecular complexity index is 453. The van der Waals surface area contributed by atoms with Crippen LogP contribution in [0.5, 0.6) is 0 Å². The Labute approximate surface area is 108 Å². The van der Waals surface area contributed by atoms with Crippen LogP contribution >= 0.6 is 0 Å². The number of rotatable bonds is 8. The number of hydrogen-bond acceptors (Lipinski definition) is 4. The fourth-order valence-corrected chi connectivity index (χ4v) is 3.02. The fraction of sp³-hybridized carbons (Fsp3) is 0.385. The van der Waals surface area contributed by atoms with Crippen LogP contribution in [0.15, 0.2) is 43.0 Å². The van der Waals surface area contributed by atoms with Crippen molar-refractivity contribution >= 4 is 9.84 Å². The molecule has 0 heterocycles. The molecule has 0 spiro atoms. The van der Waals surface area contributed by atoms with Gasteiger partial charge in [-0.05, 0) is 5.56 Å². The summed E-state index contributed by atoms with van der Waals surface area (Å²) in [5.41, 5.74) is 0.719. The van der Waals surface area contributed by atoms with Gasteiger partial charge in [0, 0.05) is 0 Å². The summed E-state index contributed by atoms with van der Waals surface area (Å²) in [6.45, 7) is 3.76. The van der Waals surface area contributed by atoms with Crippen molar-refractivity contribution in [3.63, 3.8) is 0 Å². The van der Waals surface area contributed by atoms with E-state index in [4.69, 9.17) is 4.74 Å². The Balaban J connectivity index is 2.47. The Morgan fingerprint density at radius 1 is 1.33 bits per heavy atom. The second-order valence-corrected chi connectivity index (χ2v) is 6.13. The maximum atomic E-state index is 11.8. The zero-order chi connectivity index (χ0) is 13.4. The van der Waals surface area contributed by atoms with Crippen molar-refractivity contribution in [3.05, 3.63) is 48.6 Å². The number of benzene rings is 1. The van der Waals surface area contributed by atoms with Crippen LogP contribution in [0.25, 0.3) is 0 Å². The molecule has 0 saturated carbocycles. The second kappa shape index (κ2) is 7.31. The summed E-state index contributed by atoms with van der Waals surface area (Å²) >= 11 is 0. The average Bonchev–Trinajstić information content (AvgIpc) is 2.29. The van der Waals surface area contributed by atoms with Crippen molar-refractivity contribution in [1.29, 1.82) is 0 Å². The van der Waals surface area contributed by atoms with E-state index < -0.39 is 15.9 Å². The molecule has 0 aliphatic heterocycles. The first kappa shape index (κ1) is 14.9. The van der Waals surface area contributed by atoms with Gasteiger partial charge in [0.15, 0.2) is 9.84 Å². The molecule has 1 rings (SSSR count). The van der Waals surface area contributed by atoms with Gasteiger partial charge in [-0.15, -0.1) is 6.58 Å². The summed E-state index contributed by atoms with van der Waals surface area (Å²) in [7, 11) is -3.33. The quantitative estimate of drug-likeness (QED) is 0.569. The highest BCUT2D eigenvalue weighted by atomic mass is 32.2. The molecule has 0 aliphatic rings. The van der Waals surface area contributed by atoms with Crippen LogP contribution in [0.4, 0.5) is 0 Å². The van der Waals surface area contributed by atoms with Gasteiger partial charge in [0.1, 0.15) is 0 Å². The largest absolute Gasteiger partial charge is 0.390 e. The van der Waals surface area contributed by atoms with Crippen LogP contribution in [-0.2, 0) is 20.3 Å². The molecule has 0 saturated heterocycles. The van der Waals surface area contributed by atoms with Crippen molar-refractivity contribution in [2.75, 3.05) is 19.0 Å². The van der Waals surface area contributed by atoms with Gasteiger partial charge in [-0.2, -0.15) is 0 Å². The van der Waals surface area contributed by atoms with Gasteiger partial charge in [0.05, 0.1) is 30.8 Å². The SMILES string of the molecule is C=CCOC[C@@H](O)CS(=O)(=O)Cc1ccccc1. The number of sulfone groups is 1. The summed E-state index contributed by atoms with van der Waals surface area (Å²) in [6.07, 6.45) is 0.546. The molecule has 18 heavy (non-hydrogen) atoms. The van der Waals surface area contributed by atoms with E-state index in [9.17, 15) is 13.5 Å². The lowest BCUT2D eigenvalue weighted by molar-refractivity contribution is 0.0616. The van der Waals surface area contributed by atoms with Gasteiger partial charge < -0.3 is 9.84 Å². The van der Waals surface area contributed by atoms with Crippen LogP contribution in [0.3, 0.4) is 0 Å². The van der Waals surface area contributed by atoms with Crippen molar-refractivity contribution in [1.82, 2.24) is 0 Å². The van der Waals surface area contributed by atoms with Crippen LogP contribution in [-0.4, -0.2) is 38.6 Å². The molecule has 4 nitrogen and oxygen atoms in total. The second-order valence-electron chi connectivity index (χ2n) is 4.02. The lowest BCUT2D eigenvalue weighted by atomic mass is 10.2. The summed E-state index contributed by atoms with van der Waals surface area (Å²) in [6, 6.07) is 8.90. The Morgan fingerprint density at radius 3 is 2.61 bits per heavy atom. The smallest absolute Gasteiger partial charge is 0.157 e. The highest BCUT2D eigenvalue weighted by Crippen LogP contribution is 2.07. The van der Waals surface area contributed by atoms with E-state index in [1.807, 2.05) is 6.07 Å². The van der Waals surface area contributed by atoms with Gasteiger partial charge in [-0.25, -0.2) is 8.42 Å². The number of ether oxygens (including phenoxy) is 1. The maximum absolute atomic E-state index is 11.8. The number of aliphatic hydroxyl groups is 1. The topological polar surface area (TPSA) is 63.6 Å². The van der Waals surface area contributed by atoms with Crippen molar-refractivity contribution in [3.8, 4) is 0 Å². The Morgan fingerprint density at radius 2 is 2.00 bits per heavy atom. The molecule has 1 aromatic carbocycles. The predicted molar refractivity (Wildman–Crippen MR) is 71.0 cm³/mol. The van der Waals surface area contributed by atoms with E-state index >= 15 is 0 Å². The van der Waals surface area contributed by atoms with Gasteiger partial charge in [-0.3, -0.25) is 0 Å². The highest BCUT2D eigenvalue weighted by molar-refractivity contribution is 7.90. The molecule has 0 unspecified atom stereocenters. The standard InChI is InChI=1S/C13H18O4S/c1-2-8-17-9-13(14)11-18(15,16)10-12-6-4-3-5-7-12/h2-7,13-14H,1,8-11H2/t13-/m1/s1. The molecule has 1 atom stereocenters. The lowest BCUT2D eigenvalue weighted by Crippen LogP contribution is -2.26. The molecule has 0 aliphatic carbocycles. The fourth-order valence-electron chi connectivity index (χ4n) is 1.52. The van der Waals surface area contributed by atoms with E-state index in [0.29, 0.717) is 6.61 Å². The van der Waals surface area contributed by atoms with Crippen LogP contribution in [0.1, 0.15) is 5.56 Å². The van der Waals surface area contributed by atoms with Gasteiger partial charge in [0.2, 0.25) is 0 Å². The zero-order valence-corrected chi connectivity index (χ0v) is 11.0. The molecule has 0 amide bonds. The average molecular weight is 270 g/mol. The zero-order valence-electron chi connectivity index (χ0n) is 10.2. The Hall–Kier alpha value is -1.17. The van der Waals surface area contributed by atoms with Crippen LogP contribution in [0, 0.1) is 0 Å². The van der Waals surface area contributed by atoms with E-state index in [0.717, 1.165) is 5.56 Å². The molecular formula is C13H18O4S. The first-order chi connectivity index (χ1) is 8.53. The van der Waals surface area contributed by atoms with E-state index in [2.05, 4.69) is 6.58 Å². The molecule has 100 valence electrons. The van der Waals surface area contributed by atoms with E-state index in [-0.39, 0.29) is 18.1 Å². The maximum Gasteiger partial charge on any atom is 0.157 e. The van der Waals surface area contributed by atoms with Crippen molar-refractivity contribution in [2.24, 2.45) is 0 Å². The predicted octanol–water partition coefficient (Wildman–Crippen LogP) is 1.16. The summed E-state index contributed by atoms with van der Waals surface area (Å²) in [5.74, 6) is -0.356. The molecule has 5 heteroatoms.